The van der Waals surface area contributed by atoms with Gasteiger partial charge in [-0.05, 0) is 104 Å². The number of allylic oxidation sites excluding steroid dienone is 2. The van der Waals surface area contributed by atoms with Crippen LogP contribution < -0.4 is 20.7 Å². The number of hydrogen-bond acceptors (Lipinski definition) is 3. The molecule has 51 heavy (non-hydrogen) atoms. The summed E-state index contributed by atoms with van der Waals surface area (Å²) >= 11 is 0. The standard InChI is InChI=1S/C47H60BN3/c1-15-16-17-39-43(49-14)48-37-28-33(46(8,9)10)22-27-38(37)50(35-23-18-31(19-24-35)44(2,3)4)40-29-34(47(11,12)13)30-41(42(40)48)51(39)36-25-20-32(21-26-36)45(5,6)7/h17-30H,15-16H2,1-14H3. The normalized spacial score (nSPS) is 16.5. The predicted octanol–water partition coefficient (Wildman–Crippen LogP) is 11.7. The molecule has 0 atom stereocenters. The number of fused-ring (bicyclic) bond motifs is 2. The summed E-state index contributed by atoms with van der Waals surface area (Å²) in [6, 6.07) is 30.7. The Kier molecular flexibility index (Phi) is 9.27. The number of hydrogen-bond donors (Lipinski definition) is 0. The SMILES string of the molecule is CCCC=C1C(=NC)B2c3cc(C(C)(C)C)ccc3N(c3ccc(C(C)(C)C)cc3)c3cc(C(C)(C)C)cc(c32)N1c1ccc(C(C)(C)C)cc1. The summed E-state index contributed by atoms with van der Waals surface area (Å²) in [6.45, 7) is 30.0. The maximum Gasteiger partial charge on any atom is 0.274 e. The van der Waals surface area contributed by atoms with Crippen LogP contribution in [0.25, 0.3) is 0 Å². The number of benzene rings is 4. The van der Waals surface area contributed by atoms with Gasteiger partial charge < -0.3 is 9.80 Å². The molecule has 2 aliphatic rings. The van der Waals surface area contributed by atoms with Crippen molar-refractivity contribution in [3.8, 4) is 0 Å². The van der Waals surface area contributed by atoms with E-state index in [2.05, 4.69) is 185 Å². The fraction of sp³-hybridized carbons (Fsp3) is 0.426. The highest BCUT2D eigenvalue weighted by molar-refractivity contribution is 7.13. The predicted molar refractivity (Wildman–Crippen MR) is 226 cm³/mol. The van der Waals surface area contributed by atoms with Gasteiger partial charge in [0.15, 0.2) is 0 Å². The van der Waals surface area contributed by atoms with Gasteiger partial charge in [-0.1, -0.05) is 139 Å². The van der Waals surface area contributed by atoms with E-state index in [1.165, 1.54) is 67.3 Å². The van der Waals surface area contributed by atoms with Crippen molar-refractivity contribution < 1.29 is 0 Å². The topological polar surface area (TPSA) is 18.8 Å². The molecular formula is C47H60BN3. The molecule has 0 bridgehead atoms. The molecule has 4 aromatic carbocycles. The first-order chi connectivity index (χ1) is 23.8. The van der Waals surface area contributed by atoms with Gasteiger partial charge in [0.2, 0.25) is 0 Å². The van der Waals surface area contributed by atoms with Crippen molar-refractivity contribution >= 4 is 51.7 Å². The van der Waals surface area contributed by atoms with Crippen LogP contribution in [0, 0.1) is 0 Å². The summed E-state index contributed by atoms with van der Waals surface area (Å²) in [7, 11) is 2.00. The summed E-state index contributed by atoms with van der Waals surface area (Å²) in [6.07, 6.45) is 4.50. The van der Waals surface area contributed by atoms with E-state index in [0.29, 0.717) is 0 Å². The Balaban J connectivity index is 1.74. The zero-order chi connectivity index (χ0) is 37.3. The van der Waals surface area contributed by atoms with Crippen molar-refractivity contribution in [2.45, 2.75) is 125 Å². The summed E-state index contributed by atoms with van der Waals surface area (Å²) in [5.41, 5.74) is 16.5. The van der Waals surface area contributed by atoms with Gasteiger partial charge in [0.1, 0.15) is 0 Å². The third-order valence-corrected chi connectivity index (χ3v) is 10.8. The lowest BCUT2D eigenvalue weighted by Gasteiger charge is -2.46. The number of aliphatic imine (C=N–C) groups is 1. The van der Waals surface area contributed by atoms with Crippen LogP contribution in [0.3, 0.4) is 0 Å². The van der Waals surface area contributed by atoms with E-state index in [9.17, 15) is 0 Å². The zero-order valence-corrected chi connectivity index (χ0v) is 33.9. The summed E-state index contributed by atoms with van der Waals surface area (Å²) < 4.78 is 0. The third kappa shape index (κ3) is 6.72. The quantitative estimate of drug-likeness (QED) is 0.200. The molecule has 0 saturated carbocycles. The lowest BCUT2D eigenvalue weighted by molar-refractivity contribution is 0.589. The maximum atomic E-state index is 5.23. The molecule has 2 aliphatic heterocycles. The van der Waals surface area contributed by atoms with E-state index in [0.717, 1.165) is 18.5 Å². The van der Waals surface area contributed by atoms with Gasteiger partial charge in [-0.3, -0.25) is 4.99 Å². The number of nitrogens with zero attached hydrogens (tertiary/aromatic N) is 3. The minimum absolute atomic E-state index is 0.00428. The van der Waals surface area contributed by atoms with Crippen molar-refractivity contribution in [2.75, 3.05) is 16.8 Å². The van der Waals surface area contributed by atoms with Crippen LogP contribution in [0.4, 0.5) is 28.4 Å². The molecule has 2 heterocycles. The van der Waals surface area contributed by atoms with Crippen molar-refractivity contribution in [3.63, 3.8) is 0 Å². The van der Waals surface area contributed by atoms with Crippen molar-refractivity contribution in [2.24, 2.45) is 4.99 Å². The van der Waals surface area contributed by atoms with E-state index in [1.807, 2.05) is 7.05 Å². The maximum absolute atomic E-state index is 5.23. The highest BCUT2D eigenvalue weighted by Gasteiger charge is 2.46. The Labute approximate surface area is 310 Å². The smallest absolute Gasteiger partial charge is 0.274 e. The lowest BCUT2D eigenvalue weighted by atomic mass is 9.33. The molecule has 0 saturated heterocycles. The van der Waals surface area contributed by atoms with E-state index in [-0.39, 0.29) is 28.4 Å². The van der Waals surface area contributed by atoms with Gasteiger partial charge in [-0.25, -0.2) is 0 Å². The molecule has 0 N–H and O–H groups in total. The van der Waals surface area contributed by atoms with Crippen LogP contribution in [-0.4, -0.2) is 19.4 Å². The third-order valence-electron chi connectivity index (χ3n) is 10.8. The van der Waals surface area contributed by atoms with Crippen molar-refractivity contribution in [3.05, 3.63) is 113 Å². The average Bonchev–Trinajstić information content (AvgIpc) is 3.05. The van der Waals surface area contributed by atoms with E-state index >= 15 is 0 Å². The van der Waals surface area contributed by atoms with Crippen LogP contribution in [0.5, 0.6) is 0 Å². The minimum atomic E-state index is -0.0622. The Morgan fingerprint density at radius 3 is 1.45 bits per heavy atom. The van der Waals surface area contributed by atoms with E-state index in [1.54, 1.807) is 0 Å². The van der Waals surface area contributed by atoms with E-state index in [4.69, 9.17) is 4.99 Å². The van der Waals surface area contributed by atoms with Gasteiger partial charge in [0.05, 0.1) is 5.70 Å². The van der Waals surface area contributed by atoms with Gasteiger partial charge in [-0.15, -0.1) is 0 Å². The Morgan fingerprint density at radius 2 is 1.00 bits per heavy atom. The highest BCUT2D eigenvalue weighted by atomic mass is 15.2. The summed E-state index contributed by atoms with van der Waals surface area (Å²) in [4.78, 5) is 10.3. The first-order valence-corrected chi connectivity index (χ1v) is 19.1. The van der Waals surface area contributed by atoms with Crippen LogP contribution in [-0.2, 0) is 21.7 Å². The molecule has 0 aromatic heterocycles. The summed E-state index contributed by atoms with van der Waals surface area (Å²) in [5, 5.41) is 0. The largest absolute Gasteiger partial charge is 0.311 e. The van der Waals surface area contributed by atoms with Crippen LogP contribution in [0.1, 0.15) is 125 Å². The molecule has 0 spiro atoms. The average molecular weight is 678 g/mol. The van der Waals surface area contributed by atoms with E-state index < -0.39 is 0 Å². The number of unbranched alkanes of at least 4 members (excludes halogenated alkanes) is 1. The van der Waals surface area contributed by atoms with Gasteiger partial charge in [0, 0.05) is 41.1 Å². The molecule has 4 aromatic rings. The molecule has 0 radical (unpaired) electrons. The second-order valence-electron chi connectivity index (χ2n) is 18.9. The first kappa shape index (κ1) is 36.7. The first-order valence-electron chi connectivity index (χ1n) is 19.1. The summed E-state index contributed by atoms with van der Waals surface area (Å²) in [5.74, 6) is 0. The Hall–Kier alpha value is -4.05. The Bertz CT molecular complexity index is 1990. The Morgan fingerprint density at radius 1 is 0.549 bits per heavy atom. The van der Waals surface area contributed by atoms with Crippen LogP contribution in [0.2, 0.25) is 0 Å². The van der Waals surface area contributed by atoms with Crippen molar-refractivity contribution in [1.82, 2.24) is 0 Å². The fourth-order valence-corrected chi connectivity index (χ4v) is 7.64. The molecule has 4 heteroatoms. The molecule has 0 amide bonds. The molecule has 266 valence electrons. The van der Waals surface area contributed by atoms with Gasteiger partial charge in [-0.2, -0.15) is 0 Å². The fourth-order valence-electron chi connectivity index (χ4n) is 7.64. The number of rotatable bonds is 4. The molecule has 0 unspecified atom stereocenters. The second-order valence-corrected chi connectivity index (χ2v) is 18.9. The zero-order valence-electron chi connectivity index (χ0n) is 33.9. The number of anilines is 5. The monoisotopic (exact) mass is 677 g/mol. The molecule has 0 fully saturated rings. The van der Waals surface area contributed by atoms with Gasteiger partial charge in [0.25, 0.3) is 6.71 Å². The minimum Gasteiger partial charge on any atom is -0.311 e. The van der Waals surface area contributed by atoms with Crippen LogP contribution in [0.15, 0.2) is 95.6 Å². The lowest BCUT2D eigenvalue weighted by Crippen LogP contribution is -2.61. The molecule has 0 aliphatic carbocycles. The van der Waals surface area contributed by atoms with Crippen molar-refractivity contribution in [1.29, 1.82) is 0 Å². The molecule has 3 nitrogen and oxygen atoms in total. The van der Waals surface area contributed by atoms with Crippen LogP contribution >= 0.6 is 0 Å². The molecule has 6 rings (SSSR count). The highest BCUT2D eigenvalue weighted by Crippen LogP contribution is 2.46. The van der Waals surface area contributed by atoms with Gasteiger partial charge >= 0.3 is 0 Å². The molecular weight excluding hydrogens is 617 g/mol. The second kappa shape index (κ2) is 12.9.